The second-order valence-electron chi connectivity index (χ2n) is 8.05. The van der Waals surface area contributed by atoms with Crippen molar-refractivity contribution >= 4 is 17.7 Å². The van der Waals surface area contributed by atoms with Gasteiger partial charge in [0, 0.05) is 18.4 Å². The van der Waals surface area contributed by atoms with Crippen molar-refractivity contribution in [1.82, 2.24) is 0 Å². The van der Waals surface area contributed by atoms with Gasteiger partial charge < -0.3 is 33.3 Å². The number of fused-ring (bicyclic) bond motifs is 3. The summed E-state index contributed by atoms with van der Waals surface area (Å²) in [6.07, 6.45) is 0. The maximum absolute atomic E-state index is 13.0. The molecule has 0 N–H and O–H groups in total. The third kappa shape index (κ3) is 3.37. The Hall–Kier alpha value is -3.95. The first-order valence-electron chi connectivity index (χ1n) is 10.6. The predicted molar refractivity (Wildman–Crippen MR) is 117 cm³/mol. The van der Waals surface area contributed by atoms with Crippen LogP contribution in [0.25, 0.3) is 0 Å². The van der Waals surface area contributed by atoms with E-state index in [1.807, 2.05) is 18.2 Å². The van der Waals surface area contributed by atoms with Crippen LogP contribution in [0.4, 0.5) is 0 Å². The third-order valence-electron chi connectivity index (χ3n) is 6.30. The number of nitrogens with zero attached hydrogens (tertiary/aromatic N) is 1. The molecule has 0 saturated carbocycles. The van der Waals surface area contributed by atoms with Crippen LogP contribution in [-0.2, 0) is 19.2 Å². The summed E-state index contributed by atoms with van der Waals surface area (Å²) in [6.45, 7) is 1.46. The van der Waals surface area contributed by atoms with Crippen LogP contribution in [0.5, 0.6) is 28.7 Å². The number of hydrogen-bond donors (Lipinski definition) is 0. The van der Waals surface area contributed by atoms with Gasteiger partial charge in [0.25, 0.3) is 0 Å². The molecule has 10 nitrogen and oxygen atoms in total. The number of cyclic esters (lactones) is 1. The number of oxime groups is 1. The van der Waals surface area contributed by atoms with E-state index in [1.54, 1.807) is 6.07 Å². The zero-order valence-corrected chi connectivity index (χ0v) is 19.1. The summed E-state index contributed by atoms with van der Waals surface area (Å²) in [5.41, 5.74) is 2.64. The van der Waals surface area contributed by atoms with Crippen LogP contribution < -0.4 is 23.7 Å². The van der Waals surface area contributed by atoms with Crippen molar-refractivity contribution in [2.75, 3.05) is 34.7 Å². The molecule has 2 aromatic carbocycles. The summed E-state index contributed by atoms with van der Waals surface area (Å²) in [4.78, 5) is 29.5. The highest BCUT2D eigenvalue weighted by molar-refractivity contribution is 6.09. The topological polar surface area (TPSA) is 111 Å². The molecule has 0 amide bonds. The number of benzene rings is 2. The van der Waals surface area contributed by atoms with Gasteiger partial charge in [-0.3, -0.25) is 4.79 Å². The Morgan fingerprint density at radius 2 is 1.65 bits per heavy atom. The Labute approximate surface area is 195 Å². The molecule has 1 saturated heterocycles. The largest absolute Gasteiger partial charge is 0.493 e. The lowest BCUT2D eigenvalue weighted by Gasteiger charge is -2.34. The molecule has 0 aromatic heterocycles. The smallest absolute Gasteiger partial charge is 0.331 e. The maximum Gasteiger partial charge on any atom is 0.331 e. The van der Waals surface area contributed by atoms with Crippen molar-refractivity contribution in [3.05, 3.63) is 41.0 Å². The van der Waals surface area contributed by atoms with E-state index in [-0.39, 0.29) is 19.4 Å². The highest BCUT2D eigenvalue weighted by Gasteiger charge is 2.52. The van der Waals surface area contributed by atoms with Gasteiger partial charge in [-0.1, -0.05) is 5.16 Å². The van der Waals surface area contributed by atoms with Crippen molar-refractivity contribution in [3.63, 3.8) is 0 Å². The number of carbonyl (C=O) groups excluding carboxylic acids is 2. The Bertz CT molecular complexity index is 1180. The van der Waals surface area contributed by atoms with E-state index in [4.69, 9.17) is 33.3 Å². The van der Waals surface area contributed by atoms with Crippen LogP contribution in [0.1, 0.15) is 29.5 Å². The van der Waals surface area contributed by atoms with Crippen LogP contribution in [0.15, 0.2) is 29.4 Å². The fourth-order valence-electron chi connectivity index (χ4n) is 4.88. The number of carbonyl (C=O) groups is 2. The summed E-state index contributed by atoms with van der Waals surface area (Å²) >= 11 is 0. The van der Waals surface area contributed by atoms with Gasteiger partial charge in [0.05, 0.1) is 38.9 Å². The molecule has 1 aliphatic carbocycles. The monoisotopic (exact) mass is 469 g/mol. The second-order valence-corrected chi connectivity index (χ2v) is 8.05. The third-order valence-corrected chi connectivity index (χ3v) is 6.30. The van der Waals surface area contributed by atoms with E-state index in [1.165, 1.54) is 28.3 Å². The Balaban J connectivity index is 1.76. The van der Waals surface area contributed by atoms with E-state index < -0.39 is 23.7 Å². The Kier molecular flexibility index (Phi) is 5.43. The molecule has 0 spiro atoms. The van der Waals surface area contributed by atoms with Gasteiger partial charge in [-0.15, -0.1) is 0 Å². The standard InChI is InChI=1S/C24H23NO9/c1-11(26)34-25-22-14-8-17-16(32-10-33-17)7-13(14)20(21-15(22)9-31-24(21)27)12-5-18(28-2)23(30-4)19(6-12)29-3/h5-8,15,20-21H,9-10H2,1-4H3/t15-,20+,21+/m0/s1. The minimum absolute atomic E-state index is 0.0817. The number of rotatable bonds is 5. The van der Waals surface area contributed by atoms with Crippen LogP contribution in [-0.4, -0.2) is 52.4 Å². The molecule has 10 heteroatoms. The van der Waals surface area contributed by atoms with Crippen molar-refractivity contribution in [2.45, 2.75) is 12.8 Å². The second kappa shape index (κ2) is 8.44. The summed E-state index contributed by atoms with van der Waals surface area (Å²) in [5, 5.41) is 4.12. The molecule has 0 radical (unpaired) electrons. The first-order valence-corrected chi connectivity index (χ1v) is 10.6. The van der Waals surface area contributed by atoms with E-state index >= 15 is 0 Å². The molecule has 2 aromatic rings. The lowest BCUT2D eigenvalue weighted by atomic mass is 9.66. The molecule has 2 heterocycles. The Morgan fingerprint density at radius 1 is 0.971 bits per heavy atom. The van der Waals surface area contributed by atoms with Gasteiger partial charge in [-0.05, 0) is 35.4 Å². The lowest BCUT2D eigenvalue weighted by Crippen LogP contribution is -2.36. The fraction of sp³-hybridized carbons (Fsp3) is 0.375. The summed E-state index contributed by atoms with van der Waals surface area (Å²) in [6, 6.07) is 7.26. The average Bonchev–Trinajstić information content (AvgIpc) is 3.45. The average molecular weight is 469 g/mol. The zero-order chi connectivity index (χ0) is 24.0. The summed E-state index contributed by atoms with van der Waals surface area (Å²) < 4.78 is 33.2. The summed E-state index contributed by atoms with van der Waals surface area (Å²) in [7, 11) is 4.59. The van der Waals surface area contributed by atoms with Gasteiger partial charge >= 0.3 is 11.9 Å². The number of ether oxygens (including phenoxy) is 6. The highest BCUT2D eigenvalue weighted by Crippen LogP contribution is 2.52. The van der Waals surface area contributed by atoms with Crippen molar-refractivity contribution in [3.8, 4) is 28.7 Å². The molecule has 0 bridgehead atoms. The van der Waals surface area contributed by atoms with Crippen LogP contribution >= 0.6 is 0 Å². The minimum atomic E-state index is -0.620. The van der Waals surface area contributed by atoms with Crippen LogP contribution in [0.3, 0.4) is 0 Å². The van der Waals surface area contributed by atoms with Crippen molar-refractivity contribution < 1.29 is 42.8 Å². The van der Waals surface area contributed by atoms with Gasteiger partial charge in [-0.2, -0.15) is 0 Å². The van der Waals surface area contributed by atoms with Gasteiger partial charge in [0.2, 0.25) is 12.5 Å². The highest BCUT2D eigenvalue weighted by atomic mass is 16.7. The number of methoxy groups -OCH3 is 3. The van der Waals surface area contributed by atoms with E-state index in [2.05, 4.69) is 5.16 Å². The van der Waals surface area contributed by atoms with Gasteiger partial charge in [0.1, 0.15) is 6.61 Å². The first-order chi connectivity index (χ1) is 16.5. The summed E-state index contributed by atoms with van der Waals surface area (Å²) in [5.74, 6) is 0.00432. The van der Waals surface area contributed by atoms with Crippen LogP contribution in [0, 0.1) is 11.8 Å². The fourth-order valence-corrected chi connectivity index (χ4v) is 4.88. The lowest BCUT2D eigenvalue weighted by molar-refractivity contribution is -0.142. The van der Waals surface area contributed by atoms with Crippen LogP contribution in [0.2, 0.25) is 0 Å². The first kappa shape index (κ1) is 21.9. The number of esters is 1. The minimum Gasteiger partial charge on any atom is -0.493 e. The maximum atomic E-state index is 13.0. The molecule has 2 aliphatic heterocycles. The molecule has 3 aliphatic rings. The molecule has 3 atom stereocenters. The van der Waals surface area contributed by atoms with Crippen molar-refractivity contribution in [1.29, 1.82) is 0 Å². The molecule has 1 fully saturated rings. The van der Waals surface area contributed by atoms with Gasteiger partial charge in [0.15, 0.2) is 23.0 Å². The Morgan fingerprint density at radius 3 is 2.26 bits per heavy atom. The molecule has 0 unspecified atom stereocenters. The number of hydrogen-bond acceptors (Lipinski definition) is 10. The molecule has 34 heavy (non-hydrogen) atoms. The quantitative estimate of drug-likeness (QED) is 0.371. The van der Waals surface area contributed by atoms with E-state index in [9.17, 15) is 9.59 Å². The zero-order valence-electron chi connectivity index (χ0n) is 19.1. The SMILES string of the molecule is COc1cc([C@@H]2c3cc4c(cc3C(=NOC(C)=O)[C@H]3COC(=O)[C@@H]23)OCO4)cc(OC)c1OC. The predicted octanol–water partition coefficient (Wildman–Crippen LogP) is 2.64. The molecular weight excluding hydrogens is 446 g/mol. The molecule has 5 rings (SSSR count). The molecule has 178 valence electrons. The normalized spacial score (nSPS) is 23.1. The molecular formula is C24H23NO9. The van der Waals surface area contributed by atoms with Gasteiger partial charge in [-0.25, -0.2) is 4.79 Å². The van der Waals surface area contributed by atoms with E-state index in [0.717, 1.165) is 11.1 Å². The van der Waals surface area contributed by atoms with E-state index in [0.29, 0.717) is 40.0 Å². The van der Waals surface area contributed by atoms with Crippen molar-refractivity contribution in [2.24, 2.45) is 17.0 Å².